The summed E-state index contributed by atoms with van der Waals surface area (Å²) in [5.74, 6) is 0. The van der Waals surface area contributed by atoms with Crippen molar-refractivity contribution < 1.29 is 13.3 Å². The van der Waals surface area contributed by atoms with Gasteiger partial charge < -0.3 is 23.1 Å². The Morgan fingerprint density at radius 3 is 1.52 bits per heavy atom. The largest absolute Gasteiger partial charge is 0.456 e. The van der Waals surface area contributed by atoms with E-state index >= 15 is 0 Å². The Morgan fingerprint density at radius 1 is 0.404 bits per heavy atom. The molecule has 1 atom stereocenters. The summed E-state index contributed by atoms with van der Waals surface area (Å²) in [6.07, 6.45) is 3.28. The van der Waals surface area contributed by atoms with Crippen molar-refractivity contribution in [3.05, 3.63) is 244 Å². The monoisotopic (exact) mass is 1160 g/mol. The Balaban J connectivity index is 0.804. The molecule has 0 spiro atoms. The van der Waals surface area contributed by atoms with Gasteiger partial charge in [0.05, 0.1) is 6.04 Å². The number of aryl methyl sites for hydroxylation is 1. The predicted molar refractivity (Wildman–Crippen MR) is 374 cm³/mol. The molecule has 3 heterocycles. The lowest BCUT2D eigenvalue weighted by Crippen LogP contribution is -2.41. The molecule has 5 heteroatoms. The first kappa shape index (κ1) is 53.6. The molecule has 0 saturated carbocycles. The quantitative estimate of drug-likeness (QED) is 0.166. The minimum Gasteiger partial charge on any atom is -0.456 e. The fraction of sp³-hybridized carbons (Fsp3) is 0.214. The normalized spacial score (nSPS) is 15.7. The molecule has 0 radical (unpaired) electrons. The van der Waals surface area contributed by atoms with Crippen molar-refractivity contribution >= 4 is 117 Å². The Bertz CT molecular complexity index is 5550. The third kappa shape index (κ3) is 7.79. The molecule has 89 heavy (non-hydrogen) atoms. The second-order valence-corrected chi connectivity index (χ2v) is 28.9. The van der Waals surface area contributed by atoms with Gasteiger partial charge >= 0.3 is 0 Å². The highest BCUT2D eigenvalue weighted by Crippen LogP contribution is 2.54. The Kier molecular flexibility index (Phi) is 11.1. The lowest BCUT2D eigenvalue weighted by molar-refractivity contribution is 0.572. The molecule has 0 amide bonds. The van der Waals surface area contributed by atoms with Gasteiger partial charge in [-0.25, -0.2) is 0 Å². The van der Waals surface area contributed by atoms with Gasteiger partial charge in [-0.3, -0.25) is 0 Å². The van der Waals surface area contributed by atoms with Crippen LogP contribution in [0, 0.1) is 6.92 Å². The van der Waals surface area contributed by atoms with Crippen molar-refractivity contribution in [2.75, 3.05) is 9.80 Å². The minimum absolute atomic E-state index is 0.00780. The number of furan rings is 3. The number of benzene rings is 11. The summed E-state index contributed by atoms with van der Waals surface area (Å²) in [6.45, 7) is 27.6. The van der Waals surface area contributed by atoms with Crippen molar-refractivity contribution in [3.8, 4) is 22.3 Å². The van der Waals surface area contributed by atoms with Gasteiger partial charge in [-0.2, -0.15) is 0 Å². The van der Waals surface area contributed by atoms with E-state index in [4.69, 9.17) is 13.3 Å². The van der Waals surface area contributed by atoms with Crippen molar-refractivity contribution in [2.45, 2.75) is 117 Å². The predicted octanol–water partition coefficient (Wildman–Crippen LogP) is 22.1. The van der Waals surface area contributed by atoms with E-state index in [2.05, 4.69) is 293 Å². The lowest BCUT2D eigenvalue weighted by atomic mass is 9.82. The van der Waals surface area contributed by atoms with Crippen LogP contribution in [0.25, 0.3) is 110 Å². The third-order valence-corrected chi connectivity index (χ3v) is 20.8. The lowest BCUT2D eigenvalue weighted by Gasteiger charge is -2.36. The summed E-state index contributed by atoms with van der Waals surface area (Å²) in [5, 5.41) is 11.6. The second-order valence-electron chi connectivity index (χ2n) is 28.9. The molecule has 0 saturated heterocycles. The van der Waals surface area contributed by atoms with Gasteiger partial charge in [0.2, 0.25) is 0 Å². The van der Waals surface area contributed by atoms with Crippen LogP contribution in [0.15, 0.2) is 207 Å². The average Bonchev–Trinajstić information content (AvgIpc) is 1.68. The number of hydrogen-bond donors (Lipinski definition) is 0. The maximum atomic E-state index is 7.11. The van der Waals surface area contributed by atoms with Crippen LogP contribution in [0.1, 0.15) is 122 Å². The van der Waals surface area contributed by atoms with Crippen LogP contribution in [-0.4, -0.2) is 6.04 Å². The number of para-hydroxylation sites is 2. The molecule has 14 aromatic rings. The topological polar surface area (TPSA) is 45.9 Å². The van der Waals surface area contributed by atoms with Crippen LogP contribution in [-0.2, 0) is 21.7 Å². The van der Waals surface area contributed by atoms with Crippen molar-refractivity contribution in [1.82, 2.24) is 0 Å². The fourth-order valence-corrected chi connectivity index (χ4v) is 16.1. The highest BCUT2D eigenvalue weighted by molar-refractivity contribution is 6.13. The molecule has 3 aliphatic rings. The Morgan fingerprint density at radius 2 is 0.899 bits per heavy atom. The standard InChI is InChI=1S/C84H72N2O3/c1-47-63-45-77-65(39-49(63)27-37-73(47)85(51-29-33-57-55-19-13-15-23-67(55)83(9,10)71(57)41-51)53-31-35-59-61-21-17-25-69(81(3,4)5)79(61)88-75(59)43-53)66-40-50-28-38-74(48(2)64(50)46-78(66)87-77)86(52-30-34-58-56-20-14-16-24-68(56)84(11,12)72(58)42-52)54-32-36-60-62-22-18-26-70(82(6,7)8)80(62)89-76(60)44-54/h13-37,39-46,74H,38H2,1-12H3. The molecule has 436 valence electrons. The van der Waals surface area contributed by atoms with Crippen molar-refractivity contribution in [3.63, 3.8) is 0 Å². The average molecular weight is 1160 g/mol. The molecule has 0 bridgehead atoms. The van der Waals surface area contributed by atoms with Gasteiger partial charge in [0.25, 0.3) is 0 Å². The van der Waals surface area contributed by atoms with E-state index in [1.54, 1.807) is 0 Å². The SMILES string of the molecule is CC1=c2cc3oc4cc5c(C)c(N(c6ccc7c(c6)C(C)(C)c6ccccc6-7)c6ccc7c(c6)oc6c(C(C)(C)C)cccc67)ccc5cc4c3cc2=CCC1N(c1ccc2c(c1)C(C)(C)c1ccccc1-2)c1ccc2c(c1)oc1c(C(C)(C)C)cccc12. The first-order chi connectivity index (χ1) is 42.7. The summed E-state index contributed by atoms with van der Waals surface area (Å²) >= 11 is 0. The molecule has 1 unspecified atom stereocenters. The van der Waals surface area contributed by atoms with E-state index in [-0.39, 0.29) is 27.7 Å². The van der Waals surface area contributed by atoms with Crippen LogP contribution in [0.4, 0.5) is 28.4 Å². The zero-order valence-electron chi connectivity index (χ0n) is 53.0. The Hall–Kier alpha value is -9.58. The molecule has 0 N–H and O–H groups in total. The summed E-state index contributed by atoms with van der Waals surface area (Å²) < 4.78 is 21.0. The molecule has 11 aromatic carbocycles. The molecular weight excluding hydrogens is 1080 g/mol. The van der Waals surface area contributed by atoms with Crippen LogP contribution >= 0.6 is 0 Å². The summed E-state index contributed by atoms with van der Waals surface area (Å²) in [7, 11) is 0. The molecule has 5 nitrogen and oxygen atoms in total. The van der Waals surface area contributed by atoms with Crippen LogP contribution < -0.4 is 20.2 Å². The molecule has 0 fully saturated rings. The van der Waals surface area contributed by atoms with Crippen LogP contribution in [0.2, 0.25) is 0 Å². The van der Waals surface area contributed by atoms with Gasteiger partial charge in [-0.05, 0) is 187 Å². The summed E-state index contributed by atoms with van der Waals surface area (Å²) in [6, 6.07) is 72.8. The molecule has 3 aliphatic carbocycles. The molecular formula is C84H72N2O3. The number of nitrogens with zero attached hydrogens (tertiary/aromatic N) is 2. The highest BCUT2D eigenvalue weighted by atomic mass is 16.3. The second kappa shape index (κ2) is 18.5. The highest BCUT2D eigenvalue weighted by Gasteiger charge is 2.38. The fourth-order valence-electron chi connectivity index (χ4n) is 16.1. The van der Waals surface area contributed by atoms with Crippen LogP contribution in [0.3, 0.4) is 0 Å². The van der Waals surface area contributed by atoms with Crippen LogP contribution in [0.5, 0.6) is 0 Å². The van der Waals surface area contributed by atoms with Gasteiger partial charge in [0.15, 0.2) is 0 Å². The van der Waals surface area contributed by atoms with E-state index in [9.17, 15) is 0 Å². The number of anilines is 5. The number of fused-ring (bicyclic) bond motifs is 17. The van der Waals surface area contributed by atoms with Crippen molar-refractivity contribution in [1.29, 1.82) is 0 Å². The van der Waals surface area contributed by atoms with E-state index in [1.807, 2.05) is 0 Å². The summed E-state index contributed by atoms with van der Waals surface area (Å²) in [5.41, 5.74) is 26.0. The van der Waals surface area contributed by atoms with E-state index in [0.717, 1.165) is 106 Å². The van der Waals surface area contributed by atoms with Gasteiger partial charge in [0, 0.05) is 94.8 Å². The first-order valence-corrected chi connectivity index (χ1v) is 31.8. The van der Waals surface area contributed by atoms with Gasteiger partial charge in [-0.15, -0.1) is 0 Å². The van der Waals surface area contributed by atoms with Gasteiger partial charge in [-0.1, -0.05) is 178 Å². The molecule has 3 aromatic heterocycles. The number of hydrogen-bond acceptors (Lipinski definition) is 5. The van der Waals surface area contributed by atoms with E-state index in [1.165, 1.54) is 82.6 Å². The van der Waals surface area contributed by atoms with Gasteiger partial charge in [0.1, 0.15) is 33.5 Å². The molecule has 0 aliphatic heterocycles. The Labute approximate surface area is 519 Å². The minimum atomic E-state index is -0.173. The zero-order chi connectivity index (χ0) is 60.9. The maximum absolute atomic E-state index is 7.11. The summed E-state index contributed by atoms with van der Waals surface area (Å²) in [4.78, 5) is 5.02. The first-order valence-electron chi connectivity index (χ1n) is 31.8. The van der Waals surface area contributed by atoms with E-state index in [0.29, 0.717) is 0 Å². The number of rotatable bonds is 6. The maximum Gasteiger partial charge on any atom is 0.139 e. The zero-order valence-corrected chi connectivity index (χ0v) is 53.0. The molecule has 17 rings (SSSR count). The third-order valence-electron chi connectivity index (χ3n) is 20.8. The van der Waals surface area contributed by atoms with Crippen molar-refractivity contribution in [2.24, 2.45) is 0 Å². The van der Waals surface area contributed by atoms with E-state index < -0.39 is 0 Å². The smallest absolute Gasteiger partial charge is 0.139 e.